The van der Waals surface area contributed by atoms with Gasteiger partial charge in [-0.15, -0.1) is 0 Å². The highest BCUT2D eigenvalue weighted by atomic mass is 19.1. The summed E-state index contributed by atoms with van der Waals surface area (Å²) in [6.45, 7) is 5.94. The lowest BCUT2D eigenvalue weighted by Gasteiger charge is -2.30. The zero-order valence-electron chi connectivity index (χ0n) is 12.7. The van der Waals surface area contributed by atoms with Crippen LogP contribution in [0.4, 0.5) is 4.39 Å². The van der Waals surface area contributed by atoms with Gasteiger partial charge in [0.25, 0.3) is 0 Å². The highest BCUT2D eigenvalue weighted by molar-refractivity contribution is 5.87. The fourth-order valence-electron chi connectivity index (χ4n) is 2.95. The van der Waals surface area contributed by atoms with Crippen LogP contribution >= 0.6 is 0 Å². The van der Waals surface area contributed by atoms with Crippen molar-refractivity contribution >= 4 is 5.97 Å². The van der Waals surface area contributed by atoms with Crippen LogP contribution in [0.25, 0.3) is 0 Å². The third-order valence-corrected chi connectivity index (χ3v) is 4.14. The van der Waals surface area contributed by atoms with Crippen LogP contribution in [-0.4, -0.2) is 53.6 Å². The van der Waals surface area contributed by atoms with Crippen LogP contribution in [0.3, 0.4) is 0 Å². The van der Waals surface area contributed by atoms with Crippen LogP contribution in [0.1, 0.15) is 35.7 Å². The first kappa shape index (κ1) is 15.9. The molecule has 0 amide bonds. The third kappa shape index (κ3) is 4.02. The molecule has 1 aliphatic rings. The second-order valence-electron chi connectivity index (χ2n) is 5.77. The summed E-state index contributed by atoms with van der Waals surface area (Å²) in [5, 5.41) is 8.87. The van der Waals surface area contributed by atoms with Gasteiger partial charge in [0, 0.05) is 25.7 Å². The topological polar surface area (TPSA) is 43.8 Å². The Kier molecular flexibility index (Phi) is 5.31. The van der Waals surface area contributed by atoms with Crippen LogP contribution in [0.15, 0.2) is 18.2 Å². The summed E-state index contributed by atoms with van der Waals surface area (Å²) in [7, 11) is 2.13. The van der Waals surface area contributed by atoms with Gasteiger partial charge in [-0.25, -0.2) is 9.18 Å². The van der Waals surface area contributed by atoms with Crippen molar-refractivity contribution in [2.24, 2.45) is 0 Å². The second-order valence-corrected chi connectivity index (χ2v) is 5.77. The molecule has 0 spiro atoms. The quantitative estimate of drug-likeness (QED) is 0.926. The zero-order valence-corrected chi connectivity index (χ0v) is 12.7. The van der Waals surface area contributed by atoms with E-state index in [1.807, 2.05) is 0 Å². The molecule has 4 nitrogen and oxygen atoms in total. The van der Waals surface area contributed by atoms with E-state index in [1.165, 1.54) is 12.1 Å². The second kappa shape index (κ2) is 7.00. The number of halogens is 1. The van der Waals surface area contributed by atoms with E-state index in [0.29, 0.717) is 12.6 Å². The number of carboxylic acids is 1. The summed E-state index contributed by atoms with van der Waals surface area (Å²) in [5.74, 6) is -1.87. The highest BCUT2D eigenvalue weighted by Gasteiger charge is 2.22. The molecule has 21 heavy (non-hydrogen) atoms. The fourth-order valence-corrected chi connectivity index (χ4v) is 2.95. The molecule has 2 rings (SSSR count). The Labute approximate surface area is 125 Å². The van der Waals surface area contributed by atoms with E-state index in [1.54, 1.807) is 6.07 Å². The van der Waals surface area contributed by atoms with Gasteiger partial charge in [-0.2, -0.15) is 0 Å². The maximum absolute atomic E-state index is 13.8. The molecule has 5 heteroatoms. The predicted octanol–water partition coefficient (Wildman–Crippen LogP) is 2.44. The average molecular weight is 294 g/mol. The molecule has 1 unspecified atom stereocenters. The van der Waals surface area contributed by atoms with Gasteiger partial charge in [-0.3, -0.25) is 4.90 Å². The number of hydrogen-bond donors (Lipinski definition) is 1. The summed E-state index contributed by atoms with van der Waals surface area (Å²) in [6, 6.07) is 4.89. The van der Waals surface area contributed by atoms with E-state index in [2.05, 4.69) is 23.8 Å². The van der Waals surface area contributed by atoms with Crippen LogP contribution in [0.5, 0.6) is 0 Å². The van der Waals surface area contributed by atoms with Crippen molar-refractivity contribution < 1.29 is 14.3 Å². The summed E-state index contributed by atoms with van der Waals surface area (Å²) >= 11 is 0. The van der Waals surface area contributed by atoms with Crippen molar-refractivity contribution in [1.82, 2.24) is 9.80 Å². The van der Waals surface area contributed by atoms with E-state index in [9.17, 15) is 9.18 Å². The molecule has 0 radical (unpaired) electrons. The molecule has 0 saturated carbocycles. The summed E-state index contributed by atoms with van der Waals surface area (Å²) in [6.07, 6.45) is 2.16. The molecule has 1 fully saturated rings. The van der Waals surface area contributed by atoms with Gasteiger partial charge in [-0.1, -0.05) is 13.0 Å². The number of benzene rings is 1. The molecular weight excluding hydrogens is 271 g/mol. The first-order valence-corrected chi connectivity index (χ1v) is 7.45. The number of hydrogen-bond acceptors (Lipinski definition) is 3. The monoisotopic (exact) mass is 294 g/mol. The van der Waals surface area contributed by atoms with Gasteiger partial charge in [-0.05, 0) is 44.1 Å². The van der Waals surface area contributed by atoms with Crippen LogP contribution < -0.4 is 0 Å². The summed E-state index contributed by atoms with van der Waals surface area (Å²) in [5.41, 5.74) is 0.571. The van der Waals surface area contributed by atoms with Gasteiger partial charge in [0.05, 0.1) is 5.56 Å². The number of nitrogens with zero attached hydrogens (tertiary/aromatic N) is 2. The standard InChI is InChI=1S/C16H23FN2O2/c1-3-13-11-18(2)7-4-8-19(13)10-12-5-6-14(16(20)21)15(17)9-12/h5-6,9,13H,3-4,7-8,10-11H2,1-2H3,(H,20,21). The average Bonchev–Trinajstić information content (AvgIpc) is 2.60. The van der Waals surface area contributed by atoms with Gasteiger partial charge >= 0.3 is 5.97 Å². The lowest BCUT2D eigenvalue weighted by molar-refractivity contribution is 0.0692. The normalized spacial score (nSPS) is 21.2. The molecule has 1 saturated heterocycles. The van der Waals surface area contributed by atoms with Gasteiger partial charge < -0.3 is 10.0 Å². The maximum Gasteiger partial charge on any atom is 0.338 e. The Morgan fingerprint density at radius 1 is 1.43 bits per heavy atom. The molecule has 1 heterocycles. The Balaban J connectivity index is 2.12. The first-order valence-electron chi connectivity index (χ1n) is 7.45. The molecule has 116 valence electrons. The van der Waals surface area contributed by atoms with Crippen molar-refractivity contribution in [1.29, 1.82) is 0 Å². The molecule has 0 aromatic heterocycles. The minimum atomic E-state index is -1.22. The van der Waals surface area contributed by atoms with Gasteiger partial charge in [0.1, 0.15) is 5.82 Å². The predicted molar refractivity (Wildman–Crippen MR) is 80.0 cm³/mol. The fraction of sp³-hybridized carbons (Fsp3) is 0.562. The van der Waals surface area contributed by atoms with E-state index >= 15 is 0 Å². The van der Waals surface area contributed by atoms with E-state index in [0.717, 1.165) is 38.0 Å². The Bertz CT molecular complexity index is 507. The van der Waals surface area contributed by atoms with Crippen molar-refractivity contribution in [3.05, 3.63) is 35.1 Å². The molecule has 1 aromatic carbocycles. The van der Waals surface area contributed by atoms with Crippen LogP contribution in [0.2, 0.25) is 0 Å². The highest BCUT2D eigenvalue weighted by Crippen LogP contribution is 2.18. The van der Waals surface area contributed by atoms with E-state index < -0.39 is 11.8 Å². The maximum atomic E-state index is 13.8. The molecular formula is C16H23FN2O2. The zero-order chi connectivity index (χ0) is 15.4. The Morgan fingerprint density at radius 3 is 2.81 bits per heavy atom. The SMILES string of the molecule is CCC1CN(C)CCCN1Cc1ccc(C(=O)O)c(F)c1. The van der Waals surface area contributed by atoms with Crippen LogP contribution in [-0.2, 0) is 6.54 Å². The smallest absolute Gasteiger partial charge is 0.338 e. The minimum Gasteiger partial charge on any atom is -0.478 e. The molecule has 1 aliphatic heterocycles. The summed E-state index contributed by atoms with van der Waals surface area (Å²) < 4.78 is 13.8. The lowest BCUT2D eigenvalue weighted by Crippen LogP contribution is -2.39. The Hall–Kier alpha value is -1.46. The van der Waals surface area contributed by atoms with Gasteiger partial charge in [0.2, 0.25) is 0 Å². The minimum absolute atomic E-state index is 0.263. The largest absolute Gasteiger partial charge is 0.478 e. The number of rotatable bonds is 4. The van der Waals surface area contributed by atoms with Crippen LogP contribution in [0, 0.1) is 5.82 Å². The van der Waals surface area contributed by atoms with Gasteiger partial charge in [0.15, 0.2) is 0 Å². The van der Waals surface area contributed by atoms with Crippen molar-refractivity contribution in [3.8, 4) is 0 Å². The summed E-state index contributed by atoms with van der Waals surface area (Å²) in [4.78, 5) is 15.6. The molecule has 0 bridgehead atoms. The number of aromatic carboxylic acids is 1. The molecule has 1 atom stereocenters. The van der Waals surface area contributed by atoms with Crippen molar-refractivity contribution in [3.63, 3.8) is 0 Å². The molecule has 1 N–H and O–H groups in total. The van der Waals surface area contributed by atoms with Crippen molar-refractivity contribution in [2.75, 3.05) is 26.7 Å². The number of likely N-dealkylation sites (N-methyl/N-ethyl adjacent to an activating group) is 1. The lowest BCUT2D eigenvalue weighted by atomic mass is 10.1. The first-order chi connectivity index (χ1) is 10.0. The third-order valence-electron chi connectivity index (χ3n) is 4.14. The number of carbonyl (C=O) groups is 1. The molecule has 0 aliphatic carbocycles. The number of carboxylic acid groups (broad SMARTS) is 1. The molecule has 1 aromatic rings. The van der Waals surface area contributed by atoms with E-state index in [4.69, 9.17) is 5.11 Å². The Morgan fingerprint density at radius 2 is 2.19 bits per heavy atom. The van der Waals surface area contributed by atoms with E-state index in [-0.39, 0.29) is 5.56 Å². The van der Waals surface area contributed by atoms with Crippen molar-refractivity contribution in [2.45, 2.75) is 32.4 Å².